The second kappa shape index (κ2) is 10.5. The average molecular weight is 481 g/mol. The molecule has 1 saturated heterocycles. The number of halogens is 2. The van der Waals surface area contributed by atoms with Crippen LogP contribution in [0.25, 0.3) is 0 Å². The van der Waals surface area contributed by atoms with Crippen LogP contribution >= 0.6 is 11.6 Å². The summed E-state index contributed by atoms with van der Waals surface area (Å²) in [5.41, 5.74) is 1.40. The normalized spacial score (nSPS) is 18.4. The van der Waals surface area contributed by atoms with E-state index in [9.17, 15) is 17.6 Å². The van der Waals surface area contributed by atoms with E-state index in [-0.39, 0.29) is 11.6 Å². The number of carbonyl (C=O) groups excluding carboxylic acids is 1. The van der Waals surface area contributed by atoms with Crippen LogP contribution in [0.1, 0.15) is 35.3 Å². The van der Waals surface area contributed by atoms with E-state index in [2.05, 4.69) is 5.32 Å². The van der Waals surface area contributed by atoms with Gasteiger partial charge >= 0.3 is 0 Å². The molecule has 1 unspecified atom stereocenters. The smallest absolute Gasteiger partial charge is 0.254 e. The Morgan fingerprint density at radius 2 is 2.06 bits per heavy atom. The van der Waals surface area contributed by atoms with Crippen LogP contribution in [-0.2, 0) is 14.6 Å². The Bertz CT molecular complexity index is 1110. The van der Waals surface area contributed by atoms with Gasteiger partial charge in [0.1, 0.15) is 5.82 Å². The first-order valence-electron chi connectivity index (χ1n) is 10.2. The van der Waals surface area contributed by atoms with E-state index in [0.717, 1.165) is 23.6 Å². The van der Waals surface area contributed by atoms with Crippen molar-refractivity contribution in [3.8, 4) is 0 Å². The molecule has 0 aliphatic carbocycles. The molecule has 0 bridgehead atoms. The number of nitrogens with zero attached hydrogens (tertiary/aromatic N) is 1. The zero-order chi connectivity index (χ0) is 23.3. The largest absolute Gasteiger partial charge is 0.379 e. The zero-order valence-corrected chi connectivity index (χ0v) is 19.5. The quantitative estimate of drug-likeness (QED) is 0.673. The van der Waals surface area contributed by atoms with Gasteiger partial charge in [0.05, 0.1) is 18.2 Å². The SMILES string of the molecule is C[C@H](/C=C/S(C)(=O)=O)NC(=O)c1ccc(N2CCCOCC2c2ccccc2Cl)cc1F. The first kappa shape index (κ1) is 24.2. The van der Waals surface area contributed by atoms with Gasteiger partial charge in [0, 0.05) is 41.6 Å². The molecule has 3 rings (SSSR count). The number of hydrogen-bond donors (Lipinski definition) is 1. The highest BCUT2D eigenvalue weighted by molar-refractivity contribution is 7.93. The van der Waals surface area contributed by atoms with E-state index in [4.69, 9.17) is 16.3 Å². The minimum atomic E-state index is -3.31. The van der Waals surface area contributed by atoms with Crippen LogP contribution in [0, 0.1) is 5.82 Å². The van der Waals surface area contributed by atoms with Crippen molar-refractivity contribution >= 4 is 33.0 Å². The molecule has 0 radical (unpaired) electrons. The van der Waals surface area contributed by atoms with Crippen molar-refractivity contribution in [1.29, 1.82) is 0 Å². The number of hydrogen-bond acceptors (Lipinski definition) is 5. The maximum absolute atomic E-state index is 14.9. The Morgan fingerprint density at radius 1 is 1.31 bits per heavy atom. The predicted molar refractivity (Wildman–Crippen MR) is 124 cm³/mol. The number of ether oxygens (including phenoxy) is 1. The van der Waals surface area contributed by atoms with Crippen molar-refractivity contribution in [1.82, 2.24) is 5.32 Å². The average Bonchev–Trinajstić information content (AvgIpc) is 2.98. The standard InChI is InChI=1S/C23H26ClFN2O4S/c1-16(10-13-32(2,29)30)26-23(28)19-9-8-17(14-21(19)25)27-11-5-12-31-15-22(27)18-6-3-4-7-20(18)24/h3-4,6-10,13-14,16,22H,5,11-12,15H2,1-2H3,(H,26,28)/b13-10+/t16-,22?/m1/s1. The van der Waals surface area contributed by atoms with E-state index < -0.39 is 27.6 Å². The molecule has 1 N–H and O–H groups in total. The molecule has 2 aromatic rings. The van der Waals surface area contributed by atoms with E-state index in [1.54, 1.807) is 13.0 Å². The van der Waals surface area contributed by atoms with Crippen molar-refractivity contribution in [2.24, 2.45) is 0 Å². The lowest BCUT2D eigenvalue weighted by Gasteiger charge is -2.32. The van der Waals surface area contributed by atoms with Crippen LogP contribution in [0.15, 0.2) is 53.9 Å². The summed E-state index contributed by atoms with van der Waals surface area (Å²) in [6.07, 6.45) is 3.17. The summed E-state index contributed by atoms with van der Waals surface area (Å²) < 4.78 is 43.1. The number of sulfone groups is 1. The van der Waals surface area contributed by atoms with Gasteiger partial charge in [-0.3, -0.25) is 4.79 Å². The fourth-order valence-electron chi connectivity index (χ4n) is 3.55. The molecule has 2 atom stereocenters. The predicted octanol–water partition coefficient (Wildman–Crippen LogP) is 4.12. The van der Waals surface area contributed by atoms with Gasteiger partial charge in [-0.15, -0.1) is 0 Å². The Morgan fingerprint density at radius 3 is 2.75 bits per heavy atom. The molecule has 0 saturated carbocycles. The summed E-state index contributed by atoms with van der Waals surface area (Å²) in [6, 6.07) is 11.2. The molecular formula is C23H26ClFN2O4S. The van der Waals surface area contributed by atoms with Gasteiger partial charge in [0.15, 0.2) is 9.84 Å². The van der Waals surface area contributed by atoms with Crippen molar-refractivity contribution in [2.75, 3.05) is 30.9 Å². The molecule has 172 valence electrons. The fourth-order valence-corrected chi connectivity index (χ4v) is 4.33. The van der Waals surface area contributed by atoms with Crippen LogP contribution in [-0.4, -0.2) is 46.4 Å². The molecule has 1 aliphatic rings. The molecule has 9 heteroatoms. The molecule has 2 aromatic carbocycles. The van der Waals surface area contributed by atoms with Crippen molar-refractivity contribution in [2.45, 2.75) is 25.4 Å². The first-order valence-corrected chi connectivity index (χ1v) is 12.6. The van der Waals surface area contributed by atoms with Gasteiger partial charge in [-0.2, -0.15) is 0 Å². The van der Waals surface area contributed by atoms with Crippen LogP contribution in [0.5, 0.6) is 0 Å². The van der Waals surface area contributed by atoms with Gasteiger partial charge in [-0.05, 0) is 43.2 Å². The van der Waals surface area contributed by atoms with Crippen molar-refractivity contribution in [3.63, 3.8) is 0 Å². The maximum Gasteiger partial charge on any atom is 0.254 e. The Hall–Kier alpha value is -2.42. The summed E-state index contributed by atoms with van der Waals surface area (Å²) in [6.45, 7) is 3.27. The first-order chi connectivity index (χ1) is 15.2. The molecule has 0 spiro atoms. The summed E-state index contributed by atoms with van der Waals surface area (Å²) in [7, 11) is -3.31. The third-order valence-corrected chi connectivity index (χ3v) is 6.10. The summed E-state index contributed by atoms with van der Waals surface area (Å²) in [5, 5.41) is 4.20. The van der Waals surface area contributed by atoms with E-state index in [1.807, 2.05) is 29.2 Å². The lowest BCUT2D eigenvalue weighted by molar-refractivity contribution is 0.0943. The Balaban J connectivity index is 1.83. The van der Waals surface area contributed by atoms with Crippen LogP contribution < -0.4 is 10.2 Å². The number of amides is 1. The van der Waals surface area contributed by atoms with E-state index >= 15 is 0 Å². The number of benzene rings is 2. The Kier molecular flexibility index (Phi) is 7.92. The lowest BCUT2D eigenvalue weighted by atomic mass is 10.0. The van der Waals surface area contributed by atoms with Crippen LogP contribution in [0.2, 0.25) is 5.02 Å². The number of anilines is 1. The minimum Gasteiger partial charge on any atom is -0.379 e. The lowest BCUT2D eigenvalue weighted by Crippen LogP contribution is -2.33. The summed E-state index contributed by atoms with van der Waals surface area (Å²) >= 11 is 6.41. The number of rotatable bonds is 6. The minimum absolute atomic E-state index is 0.117. The van der Waals surface area contributed by atoms with Crippen molar-refractivity contribution < 1.29 is 22.3 Å². The number of carbonyl (C=O) groups is 1. The molecule has 1 aliphatic heterocycles. The highest BCUT2D eigenvalue weighted by Crippen LogP contribution is 2.34. The van der Waals surface area contributed by atoms with E-state index in [0.29, 0.717) is 30.5 Å². The molecular weight excluding hydrogens is 455 g/mol. The second-order valence-corrected chi connectivity index (χ2v) is 10.1. The van der Waals surface area contributed by atoms with Crippen molar-refractivity contribution in [3.05, 3.63) is 75.9 Å². The highest BCUT2D eigenvalue weighted by Gasteiger charge is 2.26. The van der Waals surface area contributed by atoms with Gasteiger partial charge < -0.3 is 15.0 Å². The zero-order valence-electron chi connectivity index (χ0n) is 17.9. The van der Waals surface area contributed by atoms with Crippen LogP contribution in [0.4, 0.5) is 10.1 Å². The molecule has 32 heavy (non-hydrogen) atoms. The summed E-state index contributed by atoms with van der Waals surface area (Å²) in [4.78, 5) is 14.5. The third-order valence-electron chi connectivity index (χ3n) is 5.11. The maximum atomic E-state index is 14.9. The summed E-state index contributed by atoms with van der Waals surface area (Å²) in [5.74, 6) is -1.29. The topological polar surface area (TPSA) is 75.7 Å². The Labute approximate surface area is 192 Å². The molecule has 0 aromatic heterocycles. The highest BCUT2D eigenvalue weighted by atomic mass is 35.5. The van der Waals surface area contributed by atoms with Gasteiger partial charge in [-0.1, -0.05) is 35.9 Å². The molecule has 1 fully saturated rings. The van der Waals surface area contributed by atoms with E-state index in [1.165, 1.54) is 18.2 Å². The van der Waals surface area contributed by atoms with Crippen LogP contribution in [0.3, 0.4) is 0 Å². The molecule has 1 heterocycles. The molecule has 1 amide bonds. The van der Waals surface area contributed by atoms with Gasteiger partial charge in [0.2, 0.25) is 0 Å². The van der Waals surface area contributed by atoms with Gasteiger partial charge in [-0.25, -0.2) is 12.8 Å². The van der Waals surface area contributed by atoms with Gasteiger partial charge in [0.25, 0.3) is 5.91 Å². The monoisotopic (exact) mass is 480 g/mol. The second-order valence-electron chi connectivity index (χ2n) is 7.74. The fraction of sp³-hybridized carbons (Fsp3) is 0.348. The number of nitrogens with one attached hydrogen (secondary N) is 1. The third kappa shape index (κ3) is 6.31. The molecule has 6 nitrogen and oxygen atoms in total.